The van der Waals surface area contributed by atoms with Crippen molar-refractivity contribution in [1.29, 1.82) is 0 Å². The molecule has 2 aromatic carbocycles. The van der Waals surface area contributed by atoms with Crippen LogP contribution in [0.5, 0.6) is 0 Å². The summed E-state index contributed by atoms with van der Waals surface area (Å²) in [5.74, 6) is 0. The topological polar surface area (TPSA) is 101 Å². The van der Waals surface area contributed by atoms with E-state index < -0.39 is 0 Å². The van der Waals surface area contributed by atoms with Gasteiger partial charge in [0.05, 0.1) is 11.4 Å². The zero-order chi connectivity index (χ0) is 18.0. The van der Waals surface area contributed by atoms with Crippen molar-refractivity contribution in [2.45, 2.75) is 6.92 Å². The number of hydrogen-bond acceptors (Lipinski definition) is 4. The van der Waals surface area contributed by atoms with E-state index in [1.807, 2.05) is 43.3 Å². The molecule has 1 aliphatic rings. The molecule has 0 saturated carbocycles. The van der Waals surface area contributed by atoms with Crippen LogP contribution < -0.4 is 22.3 Å². The van der Waals surface area contributed by atoms with Crippen LogP contribution in [0.1, 0.15) is 23.6 Å². The highest BCUT2D eigenvalue weighted by Crippen LogP contribution is 2.37. The highest BCUT2D eigenvalue weighted by atomic mass is 32.1. The third-order valence-electron chi connectivity index (χ3n) is 3.78. The largest absolute Gasteiger partial charge is 0.375 e. The van der Waals surface area contributed by atoms with E-state index in [0.717, 1.165) is 39.2 Å². The third kappa shape index (κ3) is 3.49. The van der Waals surface area contributed by atoms with Crippen LogP contribution >= 0.6 is 24.4 Å². The Kier molecular flexibility index (Phi) is 4.73. The second-order valence-electron chi connectivity index (χ2n) is 5.42. The van der Waals surface area contributed by atoms with Crippen molar-refractivity contribution < 1.29 is 0 Å². The van der Waals surface area contributed by atoms with Crippen LogP contribution in [0.25, 0.3) is 11.1 Å². The molecular formula is C17H16N6S2. The number of rotatable bonds is 3. The van der Waals surface area contributed by atoms with Gasteiger partial charge in [-0.15, -0.1) is 0 Å². The fraction of sp³-hybridized carbons (Fsp3) is 0.0588. The molecule has 0 atom stereocenters. The fourth-order valence-electron chi connectivity index (χ4n) is 2.70. The quantitative estimate of drug-likeness (QED) is 0.320. The maximum absolute atomic E-state index is 5.52. The Labute approximate surface area is 156 Å². The van der Waals surface area contributed by atoms with Crippen LogP contribution in [-0.4, -0.2) is 21.6 Å². The third-order valence-corrected chi connectivity index (χ3v) is 3.96. The summed E-state index contributed by atoms with van der Waals surface area (Å²) in [6.07, 6.45) is 0. The maximum atomic E-state index is 5.52. The molecule has 0 aliphatic heterocycles. The first kappa shape index (κ1) is 17.0. The minimum atomic E-state index is 0.119. The lowest BCUT2D eigenvalue weighted by molar-refractivity contribution is 1.03. The minimum absolute atomic E-state index is 0.119. The summed E-state index contributed by atoms with van der Waals surface area (Å²) in [5.41, 5.74) is 22.9. The number of nitrogens with zero attached hydrogens (tertiary/aromatic N) is 2. The molecule has 2 aromatic rings. The molecule has 25 heavy (non-hydrogen) atoms. The van der Waals surface area contributed by atoms with Crippen LogP contribution in [0.3, 0.4) is 0 Å². The van der Waals surface area contributed by atoms with E-state index in [1.165, 1.54) is 0 Å². The molecule has 126 valence electrons. The number of nitrogens with two attached hydrogens (primary N) is 2. The second-order valence-corrected chi connectivity index (χ2v) is 6.30. The zero-order valence-electron chi connectivity index (χ0n) is 13.4. The molecule has 0 aromatic heterocycles. The molecule has 0 amide bonds. The number of hydrazone groups is 2. The summed E-state index contributed by atoms with van der Waals surface area (Å²) in [4.78, 5) is 0. The summed E-state index contributed by atoms with van der Waals surface area (Å²) >= 11 is 9.64. The lowest BCUT2D eigenvalue weighted by atomic mass is 10.0. The van der Waals surface area contributed by atoms with Crippen molar-refractivity contribution in [3.8, 4) is 11.1 Å². The molecule has 3 rings (SSSR count). The number of nitrogens with one attached hydrogen (secondary N) is 2. The minimum Gasteiger partial charge on any atom is -0.375 e. The van der Waals surface area contributed by atoms with Crippen molar-refractivity contribution in [3.05, 3.63) is 59.2 Å². The van der Waals surface area contributed by atoms with Crippen molar-refractivity contribution in [1.82, 2.24) is 10.9 Å². The van der Waals surface area contributed by atoms with Gasteiger partial charge in [0.15, 0.2) is 10.2 Å². The number of benzene rings is 2. The lowest BCUT2D eigenvalue weighted by Crippen LogP contribution is -2.25. The predicted molar refractivity (Wildman–Crippen MR) is 110 cm³/mol. The Morgan fingerprint density at radius 2 is 1.52 bits per heavy atom. The summed E-state index contributed by atoms with van der Waals surface area (Å²) in [6, 6.07) is 14.1. The summed E-state index contributed by atoms with van der Waals surface area (Å²) < 4.78 is 0. The molecule has 0 fully saturated rings. The number of thiocarbonyl (C=S) groups is 2. The molecule has 0 saturated heterocycles. The Morgan fingerprint density at radius 3 is 2.20 bits per heavy atom. The smallest absolute Gasteiger partial charge is 0.184 e. The second kappa shape index (κ2) is 6.96. The molecule has 8 heteroatoms. The number of fused-ring (bicyclic) bond motifs is 3. The Balaban J connectivity index is 2.09. The van der Waals surface area contributed by atoms with E-state index in [-0.39, 0.29) is 10.2 Å². The van der Waals surface area contributed by atoms with E-state index in [0.29, 0.717) is 0 Å². The van der Waals surface area contributed by atoms with E-state index >= 15 is 0 Å². The van der Waals surface area contributed by atoms with Gasteiger partial charge >= 0.3 is 0 Å². The Bertz CT molecular complexity index is 932. The van der Waals surface area contributed by atoms with E-state index in [2.05, 4.69) is 27.1 Å². The van der Waals surface area contributed by atoms with E-state index in [9.17, 15) is 0 Å². The van der Waals surface area contributed by atoms with Gasteiger partial charge in [-0.1, -0.05) is 36.4 Å². The van der Waals surface area contributed by atoms with Crippen LogP contribution in [-0.2, 0) is 0 Å². The molecule has 0 radical (unpaired) electrons. The predicted octanol–water partition coefficient (Wildman–Crippen LogP) is 1.81. The van der Waals surface area contributed by atoms with Crippen molar-refractivity contribution in [2.24, 2.45) is 21.7 Å². The van der Waals surface area contributed by atoms with Gasteiger partial charge in [0.2, 0.25) is 0 Å². The van der Waals surface area contributed by atoms with E-state index in [4.69, 9.17) is 35.9 Å². The van der Waals surface area contributed by atoms with Crippen LogP contribution in [0.2, 0.25) is 0 Å². The molecule has 1 aliphatic carbocycles. The Morgan fingerprint density at radius 1 is 0.880 bits per heavy atom. The van der Waals surface area contributed by atoms with Crippen LogP contribution in [0.4, 0.5) is 0 Å². The molecule has 0 heterocycles. The first-order valence-electron chi connectivity index (χ1n) is 7.45. The van der Waals surface area contributed by atoms with Gasteiger partial charge in [-0.2, -0.15) is 10.2 Å². The standard InChI is InChI=1S/C17H16N6S2/c1-9(20-22-16(18)24)10-6-7-12-11-4-2-3-5-13(11)15(14(12)8-10)21-23-17(19)25/h2-8H,1H3,(H3,18,22,24)(H3,19,23,25)/b20-9+,21-15+. The molecule has 6 nitrogen and oxygen atoms in total. The van der Waals surface area contributed by atoms with Gasteiger partial charge in [-0.25, -0.2) is 0 Å². The normalized spacial score (nSPS) is 14.0. The average Bonchev–Trinajstić information content (AvgIpc) is 2.91. The lowest BCUT2D eigenvalue weighted by Gasteiger charge is -2.07. The van der Waals surface area contributed by atoms with Gasteiger partial charge in [0.25, 0.3) is 0 Å². The molecule has 6 N–H and O–H groups in total. The molecular weight excluding hydrogens is 352 g/mol. The van der Waals surface area contributed by atoms with Gasteiger partial charge in [0, 0.05) is 11.1 Å². The first-order chi connectivity index (χ1) is 12.0. The van der Waals surface area contributed by atoms with Gasteiger partial charge < -0.3 is 11.5 Å². The van der Waals surface area contributed by atoms with Gasteiger partial charge in [0.1, 0.15) is 0 Å². The summed E-state index contributed by atoms with van der Waals surface area (Å²) in [6.45, 7) is 1.87. The fourth-order valence-corrected chi connectivity index (χ4v) is 2.80. The molecule has 0 bridgehead atoms. The SMILES string of the molecule is C/C(=N\NC(N)=S)c1ccc2c(c1)/C(=N/NC(N)=S)c1ccccc1-2. The van der Waals surface area contributed by atoms with Gasteiger partial charge in [-0.3, -0.25) is 10.9 Å². The van der Waals surface area contributed by atoms with Crippen molar-refractivity contribution in [2.75, 3.05) is 0 Å². The summed E-state index contributed by atoms with van der Waals surface area (Å²) in [5, 5.41) is 8.80. The maximum Gasteiger partial charge on any atom is 0.184 e. The highest BCUT2D eigenvalue weighted by molar-refractivity contribution is 7.80. The average molecular weight is 368 g/mol. The zero-order valence-corrected chi connectivity index (χ0v) is 15.0. The number of hydrogen-bond donors (Lipinski definition) is 4. The Hall–Kier alpha value is -2.84. The van der Waals surface area contributed by atoms with Gasteiger partial charge in [-0.05, 0) is 54.1 Å². The highest BCUT2D eigenvalue weighted by Gasteiger charge is 2.25. The van der Waals surface area contributed by atoms with Crippen LogP contribution in [0, 0.1) is 0 Å². The van der Waals surface area contributed by atoms with Crippen molar-refractivity contribution >= 4 is 46.1 Å². The monoisotopic (exact) mass is 368 g/mol. The summed E-state index contributed by atoms with van der Waals surface area (Å²) in [7, 11) is 0. The van der Waals surface area contributed by atoms with E-state index in [1.54, 1.807) is 0 Å². The first-order valence-corrected chi connectivity index (χ1v) is 8.26. The molecule has 0 spiro atoms. The molecule has 0 unspecified atom stereocenters. The van der Waals surface area contributed by atoms with Crippen molar-refractivity contribution in [3.63, 3.8) is 0 Å². The van der Waals surface area contributed by atoms with Crippen LogP contribution in [0.15, 0.2) is 52.7 Å².